The van der Waals surface area contributed by atoms with E-state index in [1.807, 2.05) is 54.8 Å². The molecule has 4 aromatic rings. The van der Waals surface area contributed by atoms with Gasteiger partial charge in [-0.05, 0) is 93.7 Å². The number of hydrogen-bond donors (Lipinski definition) is 2. The topological polar surface area (TPSA) is 101 Å². The maximum atomic E-state index is 13.2. The van der Waals surface area contributed by atoms with Gasteiger partial charge in [0.25, 0.3) is 0 Å². The van der Waals surface area contributed by atoms with Crippen LogP contribution in [0.3, 0.4) is 0 Å². The van der Waals surface area contributed by atoms with E-state index in [1.165, 1.54) is 6.92 Å². The summed E-state index contributed by atoms with van der Waals surface area (Å²) < 4.78 is 20.2. The minimum absolute atomic E-state index is 0.0575. The molecule has 2 N–H and O–H groups in total. The number of carbonyl (C=O) groups is 2. The summed E-state index contributed by atoms with van der Waals surface area (Å²) in [4.78, 5) is 36.3. The van der Waals surface area contributed by atoms with Gasteiger partial charge in [0.1, 0.15) is 5.75 Å². The summed E-state index contributed by atoms with van der Waals surface area (Å²) in [6.45, 7) is 7.95. The average Bonchev–Trinajstić information content (AvgIpc) is 3.40. The van der Waals surface area contributed by atoms with E-state index in [2.05, 4.69) is 25.5 Å². The van der Waals surface area contributed by atoms with Crippen LogP contribution in [0, 0.1) is 12.8 Å². The van der Waals surface area contributed by atoms with E-state index in [-0.39, 0.29) is 11.7 Å². The van der Waals surface area contributed by atoms with Gasteiger partial charge in [0.15, 0.2) is 17.2 Å². The van der Waals surface area contributed by atoms with E-state index in [0.29, 0.717) is 42.6 Å². The maximum Gasteiger partial charge on any atom is 0.235 e. The van der Waals surface area contributed by atoms with Gasteiger partial charge in [-0.2, -0.15) is 0 Å². The van der Waals surface area contributed by atoms with Crippen molar-refractivity contribution in [2.24, 2.45) is 5.92 Å². The van der Waals surface area contributed by atoms with E-state index in [9.17, 15) is 14.0 Å². The average molecular weight is 573 g/mol. The number of nitrogens with zero attached hydrogens (tertiary/aromatic N) is 4. The number of halogens is 1. The lowest BCUT2D eigenvalue weighted by Gasteiger charge is -2.31. The zero-order chi connectivity index (χ0) is 29.6. The molecule has 1 fully saturated rings. The number of hydrogen-bond acceptors (Lipinski definition) is 7. The lowest BCUT2D eigenvalue weighted by Crippen LogP contribution is -2.41. The number of rotatable bonds is 11. The molecule has 5 rings (SSSR count). The third kappa shape index (κ3) is 6.94. The highest BCUT2D eigenvalue weighted by Crippen LogP contribution is 2.29. The van der Waals surface area contributed by atoms with Crippen molar-refractivity contribution in [2.45, 2.75) is 46.4 Å². The van der Waals surface area contributed by atoms with Crippen LogP contribution in [0.5, 0.6) is 5.75 Å². The van der Waals surface area contributed by atoms with E-state index in [4.69, 9.17) is 4.74 Å². The fourth-order valence-electron chi connectivity index (χ4n) is 5.48. The number of likely N-dealkylation sites (tertiary alicyclic amines) is 1. The number of fused-ring (bicyclic) bond motifs is 1. The number of aromatic nitrogens is 3. The summed E-state index contributed by atoms with van der Waals surface area (Å²) in [6.07, 6.45) is 6.29. The van der Waals surface area contributed by atoms with Crippen molar-refractivity contribution >= 4 is 28.8 Å². The third-order valence-corrected chi connectivity index (χ3v) is 7.59. The number of alkyl halides is 1. The molecule has 1 saturated heterocycles. The number of aryl methyl sites for hydroxylation is 1. The number of ketones is 1. The molecule has 0 spiro atoms. The highest BCUT2D eigenvalue weighted by atomic mass is 19.1. The van der Waals surface area contributed by atoms with Crippen molar-refractivity contribution < 1.29 is 18.7 Å². The van der Waals surface area contributed by atoms with Crippen molar-refractivity contribution in [3.05, 3.63) is 72.2 Å². The summed E-state index contributed by atoms with van der Waals surface area (Å²) >= 11 is 0. The van der Waals surface area contributed by atoms with Gasteiger partial charge in [-0.3, -0.25) is 18.9 Å². The molecule has 1 amide bonds. The van der Waals surface area contributed by atoms with Gasteiger partial charge in [-0.15, -0.1) is 0 Å². The van der Waals surface area contributed by atoms with Gasteiger partial charge in [-0.1, -0.05) is 0 Å². The Hall–Kier alpha value is -4.31. The Morgan fingerprint density at radius 1 is 1.12 bits per heavy atom. The predicted octanol–water partition coefficient (Wildman–Crippen LogP) is 5.56. The van der Waals surface area contributed by atoms with Crippen molar-refractivity contribution in [1.29, 1.82) is 0 Å². The Morgan fingerprint density at radius 3 is 2.57 bits per heavy atom. The van der Waals surface area contributed by atoms with Crippen molar-refractivity contribution in [3.8, 4) is 17.0 Å². The lowest BCUT2D eigenvalue weighted by molar-refractivity contribution is -0.122. The van der Waals surface area contributed by atoms with Gasteiger partial charge in [0.05, 0.1) is 18.4 Å². The first-order chi connectivity index (χ1) is 20.3. The van der Waals surface area contributed by atoms with Crippen LogP contribution < -0.4 is 15.4 Å². The second-order valence-electron chi connectivity index (χ2n) is 10.8. The van der Waals surface area contributed by atoms with Crippen LogP contribution in [0.15, 0.2) is 61.1 Å². The molecule has 1 aliphatic rings. The Morgan fingerprint density at radius 2 is 1.88 bits per heavy atom. The fourth-order valence-corrected chi connectivity index (χ4v) is 5.48. The van der Waals surface area contributed by atoms with E-state index >= 15 is 0 Å². The van der Waals surface area contributed by atoms with Crippen molar-refractivity contribution in [1.82, 2.24) is 24.6 Å². The number of likely N-dealkylation sites (N-methyl/N-ethyl adjacent to an activating group) is 1. The molecule has 220 valence electrons. The number of benzene rings is 2. The summed E-state index contributed by atoms with van der Waals surface area (Å²) in [5, 5.41) is 6.20. The number of anilines is 2. The minimum Gasteiger partial charge on any atom is -0.461 e. The SMILES string of the molecule is CCNC(=O)CN1CCC(CC(=O)c2ccc(Nc3nccn4c(-c5ccc(OC(C)F)cc5)cnc34)cc2C)CC1. The Labute approximate surface area is 245 Å². The Bertz CT molecular complexity index is 1540. The van der Waals surface area contributed by atoms with Gasteiger partial charge in [0.2, 0.25) is 12.3 Å². The first kappa shape index (κ1) is 29.2. The molecule has 1 unspecified atom stereocenters. The van der Waals surface area contributed by atoms with Gasteiger partial charge >= 0.3 is 0 Å². The smallest absolute Gasteiger partial charge is 0.235 e. The highest BCUT2D eigenvalue weighted by Gasteiger charge is 2.24. The zero-order valence-corrected chi connectivity index (χ0v) is 24.3. The molecule has 42 heavy (non-hydrogen) atoms. The molecule has 10 heteroatoms. The highest BCUT2D eigenvalue weighted by molar-refractivity contribution is 5.98. The molecule has 2 aromatic carbocycles. The number of ether oxygens (including phenoxy) is 1. The molecule has 0 radical (unpaired) electrons. The largest absolute Gasteiger partial charge is 0.461 e. The van der Waals surface area contributed by atoms with E-state index in [1.54, 1.807) is 24.5 Å². The normalized spacial score (nSPS) is 15.0. The quantitative estimate of drug-likeness (QED) is 0.227. The lowest BCUT2D eigenvalue weighted by atomic mass is 9.88. The van der Waals surface area contributed by atoms with Crippen LogP contribution in [-0.2, 0) is 4.79 Å². The minimum atomic E-state index is -1.38. The second-order valence-corrected chi connectivity index (χ2v) is 10.8. The molecule has 0 saturated carbocycles. The van der Waals surface area contributed by atoms with Gasteiger partial charge in [-0.25, -0.2) is 14.4 Å². The molecule has 1 atom stereocenters. The van der Waals surface area contributed by atoms with Crippen LogP contribution in [0.25, 0.3) is 16.9 Å². The van der Waals surface area contributed by atoms with Crippen LogP contribution in [0.2, 0.25) is 0 Å². The Balaban J connectivity index is 1.23. The first-order valence-electron chi connectivity index (χ1n) is 14.4. The molecule has 0 aliphatic carbocycles. The number of imidazole rings is 1. The van der Waals surface area contributed by atoms with Crippen LogP contribution >= 0.6 is 0 Å². The van der Waals surface area contributed by atoms with Crippen LogP contribution in [0.4, 0.5) is 15.9 Å². The summed E-state index contributed by atoms with van der Waals surface area (Å²) in [6, 6.07) is 12.9. The molecule has 0 bridgehead atoms. The standard InChI is InChI=1S/C32H37FN6O3/c1-4-34-30(41)20-38-14-11-23(12-15-38)18-29(40)27-10-7-25(17-21(27)2)37-31-32-36-19-28(39(32)16-13-35-31)24-5-8-26(9-6-24)42-22(3)33/h5-10,13,16-17,19,22-23H,4,11-12,14-15,18,20H2,1-3H3,(H,34,41)(H,35,37). The number of piperidine rings is 1. The number of carbonyl (C=O) groups excluding carboxylic acids is 2. The van der Waals surface area contributed by atoms with Crippen molar-refractivity contribution in [2.75, 3.05) is 31.5 Å². The zero-order valence-electron chi connectivity index (χ0n) is 24.3. The van der Waals surface area contributed by atoms with Crippen LogP contribution in [-0.4, -0.2) is 63.5 Å². The number of Topliss-reactive ketones (excluding diaryl/α,β-unsaturated/α-hetero) is 1. The molecular weight excluding hydrogens is 535 g/mol. The predicted molar refractivity (Wildman–Crippen MR) is 161 cm³/mol. The van der Waals surface area contributed by atoms with Gasteiger partial charge < -0.3 is 15.4 Å². The molecule has 9 nitrogen and oxygen atoms in total. The fraction of sp³-hybridized carbons (Fsp3) is 0.375. The monoisotopic (exact) mass is 572 g/mol. The molecule has 2 aromatic heterocycles. The first-order valence-corrected chi connectivity index (χ1v) is 14.4. The third-order valence-electron chi connectivity index (χ3n) is 7.59. The molecule has 1 aliphatic heterocycles. The Kier molecular flexibility index (Phi) is 9.12. The van der Waals surface area contributed by atoms with E-state index in [0.717, 1.165) is 54.0 Å². The summed E-state index contributed by atoms with van der Waals surface area (Å²) in [5.74, 6) is 1.58. The number of amides is 1. The summed E-state index contributed by atoms with van der Waals surface area (Å²) in [7, 11) is 0. The molecule has 3 heterocycles. The van der Waals surface area contributed by atoms with Gasteiger partial charge in [0, 0.05) is 49.1 Å². The van der Waals surface area contributed by atoms with E-state index < -0.39 is 6.36 Å². The summed E-state index contributed by atoms with van der Waals surface area (Å²) in [5.41, 5.74) is 4.87. The van der Waals surface area contributed by atoms with Crippen LogP contribution in [0.1, 0.15) is 49.0 Å². The number of nitrogens with one attached hydrogen (secondary N) is 2. The molecular formula is C32H37FN6O3. The maximum absolute atomic E-state index is 13.2. The second kappa shape index (κ2) is 13.1. The van der Waals surface area contributed by atoms with Crippen molar-refractivity contribution in [3.63, 3.8) is 0 Å².